The number of amides is 1. The summed E-state index contributed by atoms with van der Waals surface area (Å²) in [6.07, 6.45) is 1.57. The van der Waals surface area contributed by atoms with Gasteiger partial charge in [0, 0.05) is 13.6 Å². The van der Waals surface area contributed by atoms with E-state index in [2.05, 4.69) is 4.98 Å². The number of hydrogen-bond donors (Lipinski definition) is 2. The Morgan fingerprint density at radius 3 is 2.75 bits per heavy atom. The van der Waals surface area contributed by atoms with Crippen LogP contribution in [-0.4, -0.2) is 36.2 Å². The molecule has 0 saturated heterocycles. The van der Waals surface area contributed by atoms with Gasteiger partial charge < -0.3 is 20.1 Å². The minimum atomic E-state index is -0.709. The number of ether oxygens (including phenoxy) is 2. The van der Waals surface area contributed by atoms with Crippen molar-refractivity contribution in [3.8, 4) is 5.75 Å². The fraction of sp³-hybridized carbons (Fsp3) is 0.421. The second-order valence-corrected chi connectivity index (χ2v) is 6.30. The molecule has 152 valence electrons. The number of unbranched alkanes of at least 4 members (excludes halogenated alkanes) is 1. The number of nitrogens with two attached hydrogens (primary N) is 1. The standard InChI is InChI=1S/C19H26N4O5/c1-4-5-9-23-17(20)16(18(25)21-19(23)26)22(2)15(24)12-28-11-13-7-6-8-14(10-13)27-3/h6-8,10H,4-5,9,11-12,20H2,1-3H3,(H,21,25,26). The van der Waals surface area contributed by atoms with Crippen molar-refractivity contribution in [3.63, 3.8) is 0 Å². The molecule has 0 unspecified atom stereocenters. The number of nitrogens with one attached hydrogen (secondary N) is 1. The molecule has 0 radical (unpaired) electrons. The SMILES string of the molecule is CCCCn1c(N)c(N(C)C(=O)COCc2cccc(OC)c2)c(=O)[nH]c1=O. The van der Waals surface area contributed by atoms with Crippen LogP contribution in [0.25, 0.3) is 0 Å². The number of nitrogens with zero attached hydrogens (tertiary/aromatic N) is 2. The monoisotopic (exact) mass is 390 g/mol. The molecule has 1 aromatic carbocycles. The minimum absolute atomic E-state index is 0.0363. The van der Waals surface area contributed by atoms with Crippen LogP contribution in [0.2, 0.25) is 0 Å². The predicted octanol–water partition coefficient (Wildman–Crippen LogP) is 1.11. The third kappa shape index (κ3) is 5.01. The molecular formula is C19H26N4O5. The molecule has 2 aromatic rings. The van der Waals surface area contributed by atoms with Crippen molar-refractivity contribution in [3.05, 3.63) is 50.7 Å². The topological polar surface area (TPSA) is 120 Å². The van der Waals surface area contributed by atoms with Crippen molar-refractivity contribution < 1.29 is 14.3 Å². The molecule has 28 heavy (non-hydrogen) atoms. The van der Waals surface area contributed by atoms with Gasteiger partial charge >= 0.3 is 5.69 Å². The molecule has 1 heterocycles. The lowest BCUT2D eigenvalue weighted by atomic mass is 10.2. The number of aromatic nitrogens is 2. The Labute approximate surface area is 162 Å². The van der Waals surface area contributed by atoms with Crippen molar-refractivity contribution in [2.75, 3.05) is 31.4 Å². The first-order chi connectivity index (χ1) is 13.4. The van der Waals surface area contributed by atoms with Crippen LogP contribution in [-0.2, 0) is 22.7 Å². The molecule has 0 bridgehead atoms. The Morgan fingerprint density at radius 1 is 1.32 bits per heavy atom. The largest absolute Gasteiger partial charge is 0.497 e. The van der Waals surface area contributed by atoms with E-state index in [1.165, 1.54) is 11.6 Å². The lowest BCUT2D eigenvalue weighted by Gasteiger charge is -2.20. The molecule has 9 heteroatoms. The van der Waals surface area contributed by atoms with Gasteiger partial charge in [-0.2, -0.15) is 0 Å². The van der Waals surface area contributed by atoms with Gasteiger partial charge in [-0.3, -0.25) is 19.1 Å². The highest BCUT2D eigenvalue weighted by Gasteiger charge is 2.20. The number of likely N-dealkylation sites (N-methyl/N-ethyl adjacent to an activating group) is 1. The van der Waals surface area contributed by atoms with E-state index in [1.54, 1.807) is 13.2 Å². The fourth-order valence-corrected chi connectivity index (χ4v) is 2.68. The summed E-state index contributed by atoms with van der Waals surface area (Å²) in [4.78, 5) is 40.0. The zero-order valence-corrected chi connectivity index (χ0v) is 16.4. The molecule has 0 spiro atoms. The van der Waals surface area contributed by atoms with E-state index < -0.39 is 17.2 Å². The Morgan fingerprint density at radius 2 is 2.07 bits per heavy atom. The molecule has 0 aliphatic rings. The van der Waals surface area contributed by atoms with Gasteiger partial charge in [0.1, 0.15) is 18.2 Å². The second-order valence-electron chi connectivity index (χ2n) is 6.30. The van der Waals surface area contributed by atoms with Gasteiger partial charge in [-0.1, -0.05) is 25.5 Å². The number of hydrogen-bond acceptors (Lipinski definition) is 6. The van der Waals surface area contributed by atoms with Gasteiger partial charge in [0.2, 0.25) is 0 Å². The van der Waals surface area contributed by atoms with Crippen LogP contribution in [0, 0.1) is 0 Å². The first-order valence-electron chi connectivity index (χ1n) is 8.98. The molecule has 0 aliphatic heterocycles. The average molecular weight is 390 g/mol. The Kier molecular flexibility index (Phi) is 7.39. The van der Waals surface area contributed by atoms with E-state index in [4.69, 9.17) is 15.2 Å². The number of aromatic amines is 1. The number of methoxy groups -OCH3 is 1. The van der Waals surface area contributed by atoms with E-state index in [1.807, 2.05) is 25.1 Å². The molecule has 0 fully saturated rings. The lowest BCUT2D eigenvalue weighted by molar-refractivity contribution is -0.123. The smallest absolute Gasteiger partial charge is 0.330 e. The number of nitrogen functional groups attached to an aromatic ring is 1. The quantitative estimate of drug-likeness (QED) is 0.662. The highest BCUT2D eigenvalue weighted by Crippen LogP contribution is 2.16. The third-order valence-electron chi connectivity index (χ3n) is 4.29. The summed E-state index contributed by atoms with van der Waals surface area (Å²) >= 11 is 0. The van der Waals surface area contributed by atoms with E-state index >= 15 is 0 Å². The van der Waals surface area contributed by atoms with Crippen LogP contribution in [0.1, 0.15) is 25.3 Å². The molecular weight excluding hydrogens is 364 g/mol. The zero-order valence-electron chi connectivity index (χ0n) is 16.4. The average Bonchev–Trinajstić information content (AvgIpc) is 2.67. The molecule has 3 N–H and O–H groups in total. The number of rotatable bonds is 9. The summed E-state index contributed by atoms with van der Waals surface area (Å²) in [5.41, 5.74) is 5.50. The number of carbonyl (C=O) groups excluding carboxylic acids is 1. The van der Waals surface area contributed by atoms with E-state index in [-0.39, 0.29) is 24.7 Å². The summed E-state index contributed by atoms with van der Waals surface area (Å²) in [6.45, 7) is 2.29. The van der Waals surface area contributed by atoms with Crippen molar-refractivity contribution in [2.45, 2.75) is 32.9 Å². The van der Waals surface area contributed by atoms with Crippen LogP contribution in [0.5, 0.6) is 5.75 Å². The van der Waals surface area contributed by atoms with E-state index in [0.717, 1.165) is 23.3 Å². The van der Waals surface area contributed by atoms with Gasteiger partial charge in [0.15, 0.2) is 5.69 Å². The van der Waals surface area contributed by atoms with Crippen LogP contribution < -0.4 is 26.6 Å². The summed E-state index contributed by atoms with van der Waals surface area (Å²) < 4.78 is 11.9. The van der Waals surface area contributed by atoms with Gasteiger partial charge in [0.05, 0.1) is 13.7 Å². The van der Waals surface area contributed by atoms with Crippen LogP contribution in [0.15, 0.2) is 33.9 Å². The normalized spacial score (nSPS) is 10.7. The summed E-state index contributed by atoms with van der Waals surface area (Å²) in [5.74, 6) is 0.199. The molecule has 1 amide bonds. The fourth-order valence-electron chi connectivity index (χ4n) is 2.68. The maximum atomic E-state index is 12.5. The molecule has 0 atom stereocenters. The first kappa shape index (κ1) is 21.2. The lowest BCUT2D eigenvalue weighted by Crippen LogP contribution is -2.40. The van der Waals surface area contributed by atoms with Crippen molar-refractivity contribution in [1.82, 2.24) is 9.55 Å². The number of anilines is 2. The maximum Gasteiger partial charge on any atom is 0.330 e. The highest BCUT2D eigenvalue weighted by molar-refractivity contribution is 5.95. The van der Waals surface area contributed by atoms with Gasteiger partial charge in [-0.05, 0) is 24.1 Å². The zero-order chi connectivity index (χ0) is 20.7. The van der Waals surface area contributed by atoms with E-state index in [9.17, 15) is 14.4 Å². The second kappa shape index (κ2) is 9.75. The summed E-state index contributed by atoms with van der Waals surface area (Å²) in [6, 6.07) is 7.29. The Hall–Kier alpha value is -3.07. The summed E-state index contributed by atoms with van der Waals surface area (Å²) in [7, 11) is 2.99. The minimum Gasteiger partial charge on any atom is -0.497 e. The maximum absolute atomic E-state index is 12.5. The Bertz CT molecular complexity index is 935. The summed E-state index contributed by atoms with van der Waals surface area (Å²) in [5, 5.41) is 0. The van der Waals surface area contributed by atoms with Crippen molar-refractivity contribution in [2.24, 2.45) is 0 Å². The van der Waals surface area contributed by atoms with Crippen molar-refractivity contribution >= 4 is 17.4 Å². The number of H-pyrrole nitrogens is 1. The van der Waals surface area contributed by atoms with Crippen molar-refractivity contribution in [1.29, 1.82) is 0 Å². The van der Waals surface area contributed by atoms with Crippen LogP contribution in [0.3, 0.4) is 0 Å². The highest BCUT2D eigenvalue weighted by atomic mass is 16.5. The number of carbonyl (C=O) groups is 1. The molecule has 2 rings (SSSR count). The van der Waals surface area contributed by atoms with Crippen LogP contribution >= 0.6 is 0 Å². The Balaban J connectivity index is 2.10. The molecule has 1 aromatic heterocycles. The first-order valence-corrected chi connectivity index (χ1v) is 8.98. The van der Waals surface area contributed by atoms with Gasteiger partial charge in [-0.25, -0.2) is 4.79 Å². The molecule has 0 aliphatic carbocycles. The van der Waals surface area contributed by atoms with Gasteiger partial charge in [-0.15, -0.1) is 0 Å². The molecule has 0 saturated carbocycles. The third-order valence-corrected chi connectivity index (χ3v) is 4.29. The predicted molar refractivity (Wildman–Crippen MR) is 107 cm³/mol. The van der Waals surface area contributed by atoms with Crippen LogP contribution in [0.4, 0.5) is 11.5 Å². The van der Waals surface area contributed by atoms with E-state index in [0.29, 0.717) is 12.3 Å². The van der Waals surface area contributed by atoms with Gasteiger partial charge in [0.25, 0.3) is 11.5 Å². The number of benzene rings is 1. The molecule has 9 nitrogen and oxygen atoms in total.